The van der Waals surface area contributed by atoms with Gasteiger partial charge in [0.25, 0.3) is 10.1 Å². The van der Waals surface area contributed by atoms with Crippen LogP contribution in [0.3, 0.4) is 0 Å². The van der Waals surface area contributed by atoms with Gasteiger partial charge in [0, 0.05) is 5.41 Å². The van der Waals surface area contributed by atoms with Gasteiger partial charge in [-0.15, -0.1) is 0 Å². The lowest BCUT2D eigenvalue weighted by Gasteiger charge is -2.31. The van der Waals surface area contributed by atoms with Crippen molar-refractivity contribution < 1.29 is 30.1 Å². The van der Waals surface area contributed by atoms with Crippen LogP contribution in [-0.4, -0.2) is 37.1 Å². The molecule has 138 valence electrons. The Balaban J connectivity index is 3.46. The lowest BCUT2D eigenvalue weighted by Crippen LogP contribution is -2.40. The molecule has 0 aliphatic rings. The molecule has 0 amide bonds. The third-order valence-corrected chi connectivity index (χ3v) is 7.80. The molecule has 0 saturated heterocycles. The molecule has 0 saturated carbocycles. The van der Waals surface area contributed by atoms with Crippen LogP contribution in [0.4, 0.5) is 0 Å². The minimum atomic E-state index is -3.96. The molecule has 0 aromatic heterocycles. The molecule has 0 spiro atoms. The largest absolute Gasteiger partial charge is 0.305 e. The molecule has 10 heteroatoms. The fraction of sp³-hybridized carbons (Fsp3) is 0.571. The van der Waals surface area contributed by atoms with Crippen LogP contribution in [0.5, 0.6) is 0 Å². The minimum absolute atomic E-state index is 0.0406. The first-order valence-corrected chi connectivity index (χ1v) is 10.9. The highest BCUT2D eigenvalue weighted by Gasteiger charge is 2.41. The zero-order valence-electron chi connectivity index (χ0n) is 13.9. The summed E-state index contributed by atoms with van der Waals surface area (Å²) >= 11 is -5.15. The fourth-order valence-electron chi connectivity index (χ4n) is 2.41. The van der Waals surface area contributed by atoms with E-state index in [-0.39, 0.29) is 11.5 Å². The average Bonchev–Trinajstić information content (AvgIpc) is 2.43. The lowest BCUT2D eigenvalue weighted by molar-refractivity contribution is 0.318. The van der Waals surface area contributed by atoms with Gasteiger partial charge in [0.2, 0.25) is 0 Å². The van der Waals surface area contributed by atoms with Gasteiger partial charge in [-0.25, -0.2) is 8.42 Å². The predicted octanol–water partition coefficient (Wildman–Crippen LogP) is 2.16. The predicted molar refractivity (Wildman–Crippen MR) is 93.0 cm³/mol. The van der Waals surface area contributed by atoms with Gasteiger partial charge in [-0.3, -0.25) is 4.18 Å². The summed E-state index contributed by atoms with van der Waals surface area (Å²) < 4.78 is 69.5. The Morgan fingerprint density at radius 2 is 1.75 bits per heavy atom. The Kier molecular flexibility index (Phi) is 7.27. The van der Waals surface area contributed by atoms with Crippen molar-refractivity contribution in [2.24, 2.45) is 0 Å². The Bertz CT molecular complexity index is 727. The number of hydrogen-bond acceptors (Lipinski definition) is 5. The van der Waals surface area contributed by atoms with Gasteiger partial charge in [-0.05, 0) is 36.6 Å². The number of rotatable bonds is 8. The first kappa shape index (κ1) is 21.4. The van der Waals surface area contributed by atoms with Crippen LogP contribution in [0.25, 0.3) is 0 Å². The summed E-state index contributed by atoms with van der Waals surface area (Å²) in [7, 11) is -3.96. The summed E-state index contributed by atoms with van der Waals surface area (Å²) in [5.41, 5.74) is -0.201. The molecule has 0 heterocycles. The smallest absolute Gasteiger partial charge is 0.296 e. The highest BCUT2D eigenvalue weighted by atomic mass is 32.3. The van der Waals surface area contributed by atoms with E-state index in [0.29, 0.717) is 17.5 Å². The maximum absolute atomic E-state index is 12.2. The SMILES string of the molecule is CCCOS(=O)(=O)c1ccc(C)c(C(C)(C)C(S(=O)O)S(=O)O)c1. The van der Waals surface area contributed by atoms with Crippen molar-refractivity contribution in [2.75, 3.05) is 6.61 Å². The summed E-state index contributed by atoms with van der Waals surface area (Å²) in [5, 5.41) is 0. The number of aryl methyl sites for hydroxylation is 1. The highest BCUT2D eigenvalue weighted by molar-refractivity contribution is 7.97. The van der Waals surface area contributed by atoms with E-state index in [1.165, 1.54) is 32.0 Å². The first-order valence-electron chi connectivity index (χ1n) is 7.15. The molecule has 1 rings (SSSR count). The molecule has 0 aliphatic heterocycles. The van der Waals surface area contributed by atoms with E-state index >= 15 is 0 Å². The second-order valence-corrected chi connectivity index (χ2v) is 9.82. The molecule has 1 aromatic carbocycles. The van der Waals surface area contributed by atoms with E-state index in [2.05, 4.69) is 0 Å². The molecular weight excluding hydrogens is 376 g/mol. The van der Waals surface area contributed by atoms with Gasteiger partial charge in [0.15, 0.2) is 26.7 Å². The zero-order chi connectivity index (χ0) is 18.7. The second-order valence-electron chi connectivity index (χ2n) is 5.86. The van der Waals surface area contributed by atoms with Gasteiger partial charge in [0.1, 0.15) is 0 Å². The van der Waals surface area contributed by atoms with Crippen molar-refractivity contribution in [1.82, 2.24) is 0 Å². The summed E-state index contributed by atoms with van der Waals surface area (Å²) in [4.78, 5) is -0.101. The van der Waals surface area contributed by atoms with Gasteiger partial charge in [-0.2, -0.15) is 8.42 Å². The molecule has 2 atom stereocenters. The van der Waals surface area contributed by atoms with Crippen LogP contribution in [0.1, 0.15) is 38.3 Å². The molecule has 24 heavy (non-hydrogen) atoms. The molecular formula is C14H22O7S3. The average molecular weight is 399 g/mol. The topological polar surface area (TPSA) is 118 Å². The third kappa shape index (κ3) is 4.70. The molecule has 0 aliphatic carbocycles. The van der Waals surface area contributed by atoms with Crippen molar-refractivity contribution >= 4 is 32.3 Å². The van der Waals surface area contributed by atoms with Crippen molar-refractivity contribution in [3.63, 3.8) is 0 Å². The molecule has 2 unspecified atom stereocenters. The molecule has 1 aromatic rings. The summed E-state index contributed by atoms with van der Waals surface area (Å²) in [6, 6.07) is 4.24. The van der Waals surface area contributed by atoms with E-state index in [1.807, 2.05) is 0 Å². The van der Waals surface area contributed by atoms with E-state index < -0.39 is 42.3 Å². The van der Waals surface area contributed by atoms with Gasteiger partial charge < -0.3 is 9.11 Å². The van der Waals surface area contributed by atoms with Crippen LogP contribution in [0.15, 0.2) is 23.1 Å². The normalized spacial score (nSPS) is 16.6. The fourth-order valence-corrected chi connectivity index (χ4v) is 5.26. The molecule has 0 bridgehead atoms. The quantitative estimate of drug-likeness (QED) is 0.509. The molecule has 2 N–H and O–H groups in total. The van der Waals surface area contributed by atoms with Crippen molar-refractivity contribution in [2.45, 2.75) is 49.0 Å². The van der Waals surface area contributed by atoms with E-state index in [9.17, 15) is 25.9 Å². The van der Waals surface area contributed by atoms with E-state index in [1.54, 1.807) is 13.8 Å². The summed E-state index contributed by atoms with van der Waals surface area (Å²) in [6.07, 6.45) is 0.526. The lowest BCUT2D eigenvalue weighted by atomic mass is 9.83. The maximum atomic E-state index is 12.2. The van der Waals surface area contributed by atoms with Crippen molar-refractivity contribution in [1.29, 1.82) is 0 Å². The van der Waals surface area contributed by atoms with Crippen molar-refractivity contribution in [3.8, 4) is 0 Å². The maximum Gasteiger partial charge on any atom is 0.296 e. The summed E-state index contributed by atoms with van der Waals surface area (Å²) in [6.45, 7) is 6.55. The van der Waals surface area contributed by atoms with Gasteiger partial charge in [-0.1, -0.05) is 26.8 Å². The number of hydrogen-bond donors (Lipinski definition) is 2. The van der Waals surface area contributed by atoms with E-state index in [0.717, 1.165) is 0 Å². The Morgan fingerprint density at radius 3 is 2.21 bits per heavy atom. The molecule has 0 radical (unpaired) electrons. The molecule has 7 nitrogen and oxygen atoms in total. The third-order valence-electron chi connectivity index (χ3n) is 3.59. The zero-order valence-corrected chi connectivity index (χ0v) is 16.3. The van der Waals surface area contributed by atoms with Crippen LogP contribution in [-0.2, 0) is 41.9 Å². The van der Waals surface area contributed by atoms with Crippen LogP contribution < -0.4 is 0 Å². The number of benzene rings is 1. The minimum Gasteiger partial charge on any atom is -0.305 e. The first-order chi connectivity index (χ1) is 10.9. The van der Waals surface area contributed by atoms with Crippen LogP contribution in [0.2, 0.25) is 0 Å². The Labute approximate surface area is 147 Å². The van der Waals surface area contributed by atoms with E-state index in [4.69, 9.17) is 4.18 Å². The van der Waals surface area contributed by atoms with Gasteiger partial charge >= 0.3 is 0 Å². The monoisotopic (exact) mass is 398 g/mol. The van der Waals surface area contributed by atoms with Crippen LogP contribution >= 0.6 is 0 Å². The van der Waals surface area contributed by atoms with Crippen molar-refractivity contribution in [3.05, 3.63) is 29.3 Å². The second kappa shape index (κ2) is 8.15. The van der Waals surface area contributed by atoms with Gasteiger partial charge in [0.05, 0.1) is 11.5 Å². The van der Waals surface area contributed by atoms with Crippen LogP contribution in [0, 0.1) is 6.92 Å². The standard InChI is InChI=1S/C14H22O7S3/c1-5-8-21-24(19,20)11-7-6-10(2)12(9-11)14(3,4)13(22(15)16)23(17)18/h6-7,9,13H,5,8H2,1-4H3,(H,15,16)(H,17,18). The Morgan fingerprint density at radius 1 is 1.21 bits per heavy atom. The molecule has 0 fully saturated rings. The summed E-state index contributed by atoms with van der Waals surface area (Å²) in [5.74, 6) is 0. The highest BCUT2D eigenvalue weighted by Crippen LogP contribution is 2.35. The Hall–Kier alpha value is -0.650.